The topological polar surface area (TPSA) is 178 Å². The Balaban J connectivity index is 2.05. The zero-order valence-corrected chi connectivity index (χ0v) is 31.1. The van der Waals surface area contributed by atoms with Crippen LogP contribution in [0.2, 0.25) is 0 Å². The Labute approximate surface area is 303 Å². The van der Waals surface area contributed by atoms with Crippen molar-refractivity contribution in [2.45, 2.75) is 111 Å². The van der Waals surface area contributed by atoms with Crippen LogP contribution in [-0.2, 0) is 57.2 Å². The number of rotatable bonds is 8. The summed E-state index contributed by atoms with van der Waals surface area (Å²) in [4.78, 5) is 77.5. The minimum absolute atomic E-state index is 0.0331. The predicted molar refractivity (Wildman–Crippen MR) is 184 cm³/mol. The van der Waals surface area contributed by atoms with E-state index in [2.05, 4.69) is 6.58 Å². The summed E-state index contributed by atoms with van der Waals surface area (Å²) in [6.07, 6.45) is -4.41. The first-order valence-corrected chi connectivity index (χ1v) is 17.1. The monoisotopic (exact) mass is 724 g/mol. The Hall–Kier alpha value is -4.78. The minimum Gasteiger partial charge on any atom is -0.462 e. The van der Waals surface area contributed by atoms with Gasteiger partial charge in [-0.25, -0.2) is 4.79 Å². The second kappa shape index (κ2) is 15.1. The molecule has 13 nitrogen and oxygen atoms in total. The van der Waals surface area contributed by atoms with Crippen molar-refractivity contribution < 1.29 is 62.3 Å². The van der Waals surface area contributed by atoms with Gasteiger partial charge in [0, 0.05) is 76.4 Å². The zero-order chi connectivity index (χ0) is 38.9. The Kier molecular flexibility index (Phi) is 11.6. The highest BCUT2D eigenvalue weighted by molar-refractivity contribution is 5.87. The van der Waals surface area contributed by atoms with E-state index in [1.54, 1.807) is 39.0 Å². The number of allylic oxidation sites excluding steroid dienone is 1. The fraction of sp³-hybridized carbons (Fsp3) is 0.538. The summed E-state index contributed by atoms with van der Waals surface area (Å²) in [6.45, 7) is 16.6. The molecule has 2 bridgehead atoms. The molecule has 0 heterocycles. The molecule has 4 rings (SSSR count). The second-order valence-electron chi connectivity index (χ2n) is 14.5. The molecule has 0 radical (unpaired) electrons. The molecule has 282 valence electrons. The molecule has 52 heavy (non-hydrogen) atoms. The summed E-state index contributed by atoms with van der Waals surface area (Å²) in [7, 11) is 0. The number of hydrogen-bond donors (Lipinski definition) is 1. The van der Waals surface area contributed by atoms with Gasteiger partial charge in [-0.1, -0.05) is 57.7 Å². The highest BCUT2D eigenvalue weighted by Crippen LogP contribution is 2.64. The van der Waals surface area contributed by atoms with Gasteiger partial charge in [-0.3, -0.25) is 24.0 Å². The van der Waals surface area contributed by atoms with Crippen LogP contribution in [0.3, 0.4) is 0 Å². The number of benzene rings is 1. The van der Waals surface area contributed by atoms with Crippen molar-refractivity contribution in [2.24, 2.45) is 22.7 Å². The van der Waals surface area contributed by atoms with Gasteiger partial charge in [-0.05, 0) is 24.1 Å². The Bertz CT molecular complexity index is 1690. The van der Waals surface area contributed by atoms with E-state index in [1.807, 2.05) is 18.2 Å². The fourth-order valence-corrected chi connectivity index (χ4v) is 8.53. The molecule has 1 N–H and O–H groups in total. The first-order chi connectivity index (χ1) is 24.2. The molecule has 2 fully saturated rings. The van der Waals surface area contributed by atoms with E-state index in [0.29, 0.717) is 0 Å². The quantitative estimate of drug-likeness (QED) is 0.171. The second-order valence-corrected chi connectivity index (χ2v) is 14.5. The van der Waals surface area contributed by atoms with Crippen molar-refractivity contribution in [1.29, 1.82) is 0 Å². The van der Waals surface area contributed by atoms with E-state index in [4.69, 9.17) is 28.4 Å². The molecule has 0 aromatic heterocycles. The standard InChI is InChI=1S/C39H48O13/c1-20-29(52-32(45)17-16-27-14-12-11-13-15-27)19-31(48-23(4)41)38(10)33(20)34(49-24(5)42)28-18-30(47-22(3)40)21(2)39(46,37(28,8)9)36(51-26(7)44)35(38)50-25(6)43/h11-17,28-29,31,33-36,46H,1,18-19H2,2-10H3/b17-16+/t28-,29-,31-,33-,34+,35-,36-,38+,39?/m0/s1. The third-order valence-electron chi connectivity index (χ3n) is 10.9. The summed E-state index contributed by atoms with van der Waals surface area (Å²) in [5.74, 6) is -6.63. The van der Waals surface area contributed by atoms with Crippen LogP contribution < -0.4 is 0 Å². The van der Waals surface area contributed by atoms with E-state index in [0.717, 1.165) is 19.4 Å². The highest BCUT2D eigenvalue weighted by Gasteiger charge is 2.73. The number of fused-ring (bicyclic) bond motifs is 3. The molecule has 3 aliphatic rings. The lowest BCUT2D eigenvalue weighted by atomic mass is 9.45. The maximum absolute atomic E-state index is 13.3. The third-order valence-corrected chi connectivity index (χ3v) is 10.9. The van der Waals surface area contributed by atoms with Gasteiger partial charge in [0.25, 0.3) is 0 Å². The molecule has 1 aromatic carbocycles. The molecule has 13 heteroatoms. The smallest absolute Gasteiger partial charge is 0.331 e. The highest BCUT2D eigenvalue weighted by atomic mass is 16.6. The molecular weight excluding hydrogens is 676 g/mol. The van der Waals surface area contributed by atoms with Crippen molar-refractivity contribution >= 4 is 41.9 Å². The Morgan fingerprint density at radius 2 is 1.35 bits per heavy atom. The molecule has 0 amide bonds. The van der Waals surface area contributed by atoms with Crippen LogP contribution in [0, 0.1) is 22.7 Å². The fourth-order valence-electron chi connectivity index (χ4n) is 8.53. The molecule has 3 aliphatic carbocycles. The van der Waals surface area contributed by atoms with Crippen molar-refractivity contribution in [3.63, 3.8) is 0 Å². The molecule has 0 aliphatic heterocycles. The normalized spacial score (nSPS) is 32.3. The van der Waals surface area contributed by atoms with Crippen LogP contribution in [0.1, 0.15) is 80.7 Å². The van der Waals surface area contributed by atoms with Crippen LogP contribution in [0.5, 0.6) is 0 Å². The third kappa shape index (κ3) is 7.41. The molecule has 1 aromatic rings. The number of hydrogen-bond acceptors (Lipinski definition) is 13. The van der Waals surface area contributed by atoms with Gasteiger partial charge in [0.2, 0.25) is 0 Å². The maximum atomic E-state index is 13.3. The largest absolute Gasteiger partial charge is 0.462 e. The van der Waals surface area contributed by atoms with E-state index in [-0.39, 0.29) is 29.7 Å². The van der Waals surface area contributed by atoms with E-state index in [1.165, 1.54) is 33.8 Å². The lowest BCUT2D eigenvalue weighted by Gasteiger charge is -2.64. The van der Waals surface area contributed by atoms with Crippen LogP contribution in [0.25, 0.3) is 6.08 Å². The Morgan fingerprint density at radius 1 is 0.788 bits per heavy atom. The molecule has 2 saturated carbocycles. The summed E-state index contributed by atoms with van der Waals surface area (Å²) in [6, 6.07) is 9.04. The first-order valence-electron chi connectivity index (χ1n) is 17.1. The van der Waals surface area contributed by atoms with Gasteiger partial charge in [0.15, 0.2) is 12.2 Å². The number of esters is 6. The first kappa shape index (κ1) is 40.0. The lowest BCUT2D eigenvalue weighted by molar-refractivity contribution is -0.277. The summed E-state index contributed by atoms with van der Waals surface area (Å²) in [5.41, 5.74) is -4.22. The maximum Gasteiger partial charge on any atom is 0.331 e. The summed E-state index contributed by atoms with van der Waals surface area (Å²) >= 11 is 0. The van der Waals surface area contributed by atoms with E-state index >= 15 is 0 Å². The SMILES string of the molecule is C=C1[C@@H](OC(=O)/C=C/c2ccccc2)C[C@H](OC(C)=O)[C@@]2(C)[C@@H](OC(C)=O)[C@H](OC(C)=O)C3(O)C(C)=C(OC(C)=O)C[C@@H]([C@@H](OC(C)=O)[C@H]12)C3(C)C. The average Bonchev–Trinajstić information content (AvgIpc) is 3.03. The molecule has 0 spiro atoms. The summed E-state index contributed by atoms with van der Waals surface area (Å²) < 4.78 is 35.7. The van der Waals surface area contributed by atoms with Crippen LogP contribution >= 0.6 is 0 Å². The van der Waals surface area contributed by atoms with Crippen molar-refractivity contribution in [3.8, 4) is 0 Å². The molecule has 0 saturated heterocycles. The van der Waals surface area contributed by atoms with Gasteiger partial charge in [0.1, 0.15) is 29.7 Å². The lowest BCUT2D eigenvalue weighted by Crippen LogP contribution is -2.75. The van der Waals surface area contributed by atoms with Gasteiger partial charge in [-0.2, -0.15) is 0 Å². The van der Waals surface area contributed by atoms with Gasteiger partial charge in [-0.15, -0.1) is 0 Å². The van der Waals surface area contributed by atoms with Gasteiger partial charge >= 0.3 is 35.8 Å². The van der Waals surface area contributed by atoms with Gasteiger partial charge < -0.3 is 33.5 Å². The number of ether oxygens (including phenoxy) is 6. The number of carbonyl (C=O) groups is 6. The van der Waals surface area contributed by atoms with Crippen LogP contribution in [0.4, 0.5) is 0 Å². The molecule has 1 unspecified atom stereocenters. The average molecular weight is 725 g/mol. The minimum atomic E-state index is -2.24. The number of carbonyl (C=O) groups excluding carboxylic acids is 6. The van der Waals surface area contributed by atoms with Gasteiger partial charge in [0.05, 0.1) is 5.41 Å². The zero-order valence-electron chi connectivity index (χ0n) is 31.1. The van der Waals surface area contributed by atoms with Crippen molar-refractivity contribution in [3.05, 3.63) is 65.5 Å². The van der Waals surface area contributed by atoms with E-state index < -0.39 is 94.6 Å². The van der Waals surface area contributed by atoms with E-state index in [9.17, 15) is 33.9 Å². The molecular formula is C39H48O13. The summed E-state index contributed by atoms with van der Waals surface area (Å²) in [5, 5.41) is 13.1. The Morgan fingerprint density at radius 3 is 1.88 bits per heavy atom. The molecule has 9 atom stereocenters. The van der Waals surface area contributed by atoms with Crippen LogP contribution in [-0.4, -0.2) is 77.0 Å². The van der Waals surface area contributed by atoms with Crippen molar-refractivity contribution in [1.82, 2.24) is 0 Å². The van der Waals surface area contributed by atoms with Crippen LogP contribution in [0.15, 0.2) is 59.9 Å². The van der Waals surface area contributed by atoms with Crippen molar-refractivity contribution in [2.75, 3.05) is 0 Å². The predicted octanol–water partition coefficient (Wildman–Crippen LogP) is 4.55. The number of aliphatic hydroxyl groups is 1.